The zero-order valence-electron chi connectivity index (χ0n) is 11.5. The molecule has 2 aromatic heterocycles. The summed E-state index contributed by atoms with van der Waals surface area (Å²) in [5, 5.41) is 10.6. The molecule has 0 aromatic carbocycles. The molecule has 0 spiro atoms. The number of carboxylic acid groups (broad SMARTS) is 1. The molecule has 0 radical (unpaired) electrons. The molecule has 0 aliphatic carbocycles. The molecule has 2 heterocycles. The number of thiophene rings is 1. The normalized spacial score (nSPS) is 11.6. The fraction of sp³-hybridized carbons (Fsp3) is 0.267. The van der Waals surface area contributed by atoms with Gasteiger partial charge in [-0.1, -0.05) is 0 Å². The number of carboxylic acids is 1. The molecule has 20 heavy (non-hydrogen) atoms. The Labute approximate surface area is 122 Å². The molecule has 1 N–H and O–H groups in total. The van der Waals surface area contributed by atoms with E-state index in [4.69, 9.17) is 9.52 Å². The number of furan rings is 1. The molecule has 0 unspecified atom stereocenters. The van der Waals surface area contributed by atoms with Crippen molar-refractivity contribution >= 4 is 23.4 Å². The minimum absolute atomic E-state index is 0.830. The Morgan fingerprint density at radius 3 is 2.95 bits per heavy atom. The van der Waals surface area contributed by atoms with Crippen molar-refractivity contribution < 1.29 is 14.3 Å². The number of hydrogen-bond donors (Lipinski definition) is 1. The van der Waals surface area contributed by atoms with Crippen LogP contribution in [0, 0.1) is 6.92 Å². The second-order valence-electron chi connectivity index (χ2n) is 4.69. The maximum atomic E-state index is 10.5. The third kappa shape index (κ3) is 4.08. The zero-order valence-corrected chi connectivity index (χ0v) is 12.3. The van der Waals surface area contributed by atoms with Gasteiger partial charge in [0.05, 0.1) is 6.26 Å². The van der Waals surface area contributed by atoms with Gasteiger partial charge in [0.2, 0.25) is 0 Å². The average molecular weight is 291 g/mol. The zero-order chi connectivity index (χ0) is 14.5. The van der Waals surface area contributed by atoms with Crippen molar-refractivity contribution in [2.45, 2.75) is 20.0 Å². The van der Waals surface area contributed by atoms with E-state index in [0.29, 0.717) is 0 Å². The number of rotatable bonds is 6. The van der Waals surface area contributed by atoms with E-state index in [2.05, 4.69) is 11.9 Å². The van der Waals surface area contributed by atoms with Crippen molar-refractivity contribution in [2.75, 3.05) is 7.05 Å². The van der Waals surface area contributed by atoms with Crippen molar-refractivity contribution in [1.82, 2.24) is 4.90 Å². The van der Waals surface area contributed by atoms with E-state index in [0.717, 1.165) is 30.5 Å². The lowest BCUT2D eigenvalue weighted by atomic mass is 10.2. The first-order valence-electron chi connectivity index (χ1n) is 6.24. The second-order valence-corrected chi connectivity index (χ2v) is 5.69. The topological polar surface area (TPSA) is 53.7 Å². The molecule has 5 heteroatoms. The monoisotopic (exact) mass is 291 g/mol. The van der Waals surface area contributed by atoms with Gasteiger partial charge < -0.3 is 9.52 Å². The Hall–Kier alpha value is -1.85. The highest BCUT2D eigenvalue weighted by atomic mass is 32.1. The van der Waals surface area contributed by atoms with Crippen LogP contribution in [0.5, 0.6) is 0 Å². The van der Waals surface area contributed by atoms with E-state index in [1.165, 1.54) is 10.4 Å². The van der Waals surface area contributed by atoms with Gasteiger partial charge in [-0.05, 0) is 43.1 Å². The van der Waals surface area contributed by atoms with Gasteiger partial charge in [-0.2, -0.15) is 0 Å². The van der Waals surface area contributed by atoms with Crippen molar-refractivity contribution in [3.05, 3.63) is 51.6 Å². The molecular weight excluding hydrogens is 274 g/mol. The number of aliphatic carboxylic acids is 1. The molecule has 2 rings (SSSR count). The molecule has 106 valence electrons. The van der Waals surface area contributed by atoms with E-state index in [9.17, 15) is 4.79 Å². The lowest BCUT2D eigenvalue weighted by Gasteiger charge is -2.14. The summed E-state index contributed by atoms with van der Waals surface area (Å²) < 4.78 is 5.29. The Balaban J connectivity index is 1.93. The third-order valence-corrected chi connectivity index (χ3v) is 3.86. The highest BCUT2D eigenvalue weighted by Gasteiger charge is 2.07. The van der Waals surface area contributed by atoms with Gasteiger partial charge in [0.15, 0.2) is 0 Å². The van der Waals surface area contributed by atoms with Gasteiger partial charge in [-0.25, -0.2) is 4.79 Å². The molecule has 4 nitrogen and oxygen atoms in total. The summed E-state index contributed by atoms with van der Waals surface area (Å²) in [6.45, 7) is 3.62. The van der Waals surface area contributed by atoms with Crippen LogP contribution in [0.1, 0.15) is 21.8 Å². The first-order valence-corrected chi connectivity index (χ1v) is 7.12. The first kappa shape index (κ1) is 14.6. The molecule has 0 bridgehead atoms. The number of carbonyl (C=O) groups is 1. The Morgan fingerprint density at radius 2 is 2.30 bits per heavy atom. The van der Waals surface area contributed by atoms with E-state index in [-0.39, 0.29) is 0 Å². The molecule has 0 atom stereocenters. The van der Waals surface area contributed by atoms with Crippen LogP contribution in [0.4, 0.5) is 0 Å². The van der Waals surface area contributed by atoms with Gasteiger partial charge in [0.25, 0.3) is 0 Å². The number of nitrogens with zero attached hydrogens (tertiary/aromatic N) is 1. The smallest absolute Gasteiger partial charge is 0.328 e. The largest absolute Gasteiger partial charge is 0.478 e. The van der Waals surface area contributed by atoms with Crippen LogP contribution >= 0.6 is 11.3 Å². The Bertz CT molecular complexity index is 612. The predicted octanol–water partition coefficient (Wildman–Crippen LogP) is 3.38. The predicted molar refractivity (Wildman–Crippen MR) is 79.6 cm³/mol. The van der Waals surface area contributed by atoms with E-state index < -0.39 is 5.97 Å². The van der Waals surface area contributed by atoms with Crippen LogP contribution in [0.3, 0.4) is 0 Å². The molecule has 0 aliphatic heterocycles. The lowest BCUT2D eigenvalue weighted by molar-refractivity contribution is -0.131. The fourth-order valence-corrected chi connectivity index (χ4v) is 2.86. The summed E-state index contributed by atoms with van der Waals surface area (Å²) in [5.74, 6) is 0.0263. The van der Waals surface area contributed by atoms with E-state index in [1.54, 1.807) is 23.7 Å². The molecule has 0 aliphatic rings. The van der Waals surface area contributed by atoms with Crippen LogP contribution in [0.25, 0.3) is 6.08 Å². The Morgan fingerprint density at radius 1 is 1.50 bits per heavy atom. The molecule has 0 amide bonds. The van der Waals surface area contributed by atoms with Gasteiger partial charge in [0.1, 0.15) is 5.76 Å². The van der Waals surface area contributed by atoms with Gasteiger partial charge in [0, 0.05) is 29.6 Å². The molecule has 0 saturated heterocycles. The summed E-state index contributed by atoms with van der Waals surface area (Å²) in [5.41, 5.74) is 2.12. The number of hydrogen-bond acceptors (Lipinski definition) is 4. The van der Waals surface area contributed by atoms with Crippen LogP contribution in [-0.4, -0.2) is 23.0 Å². The maximum absolute atomic E-state index is 10.5. The van der Waals surface area contributed by atoms with Crippen LogP contribution in [-0.2, 0) is 17.9 Å². The van der Waals surface area contributed by atoms with Crippen molar-refractivity contribution in [2.24, 2.45) is 0 Å². The summed E-state index contributed by atoms with van der Waals surface area (Å²) in [4.78, 5) is 13.9. The van der Waals surface area contributed by atoms with Crippen LogP contribution in [0.2, 0.25) is 0 Å². The van der Waals surface area contributed by atoms with Crippen molar-refractivity contribution in [1.29, 1.82) is 0 Å². The van der Waals surface area contributed by atoms with Gasteiger partial charge in [-0.3, -0.25) is 4.90 Å². The molecular formula is C15H17NO3S. The molecule has 2 aromatic rings. The second kappa shape index (κ2) is 6.54. The SMILES string of the molecule is Cc1occc1CN(C)Cc1cc(C=CC(=O)O)cs1. The minimum Gasteiger partial charge on any atom is -0.478 e. The summed E-state index contributed by atoms with van der Waals surface area (Å²) >= 11 is 1.64. The van der Waals surface area contributed by atoms with Crippen molar-refractivity contribution in [3.8, 4) is 0 Å². The summed E-state index contributed by atoms with van der Waals surface area (Å²) in [6.07, 6.45) is 4.48. The highest BCUT2D eigenvalue weighted by molar-refractivity contribution is 7.10. The molecule has 0 saturated carbocycles. The summed E-state index contributed by atoms with van der Waals surface area (Å²) in [6, 6.07) is 4.00. The standard InChI is InChI=1S/C15H17NO3S/c1-11-13(5-6-19-11)8-16(2)9-14-7-12(10-20-14)3-4-15(17)18/h3-7,10H,8-9H2,1-2H3,(H,17,18). The lowest BCUT2D eigenvalue weighted by Crippen LogP contribution is -2.16. The maximum Gasteiger partial charge on any atom is 0.328 e. The van der Waals surface area contributed by atoms with Gasteiger partial charge >= 0.3 is 5.97 Å². The van der Waals surface area contributed by atoms with Crippen LogP contribution in [0.15, 0.2) is 34.3 Å². The van der Waals surface area contributed by atoms with Crippen LogP contribution < -0.4 is 0 Å². The van der Waals surface area contributed by atoms with E-state index >= 15 is 0 Å². The Kier molecular flexibility index (Phi) is 4.76. The first-order chi connectivity index (χ1) is 9.54. The minimum atomic E-state index is -0.926. The third-order valence-electron chi connectivity index (χ3n) is 2.92. The van der Waals surface area contributed by atoms with Gasteiger partial charge in [-0.15, -0.1) is 11.3 Å². The van der Waals surface area contributed by atoms with E-state index in [1.807, 2.05) is 24.4 Å². The number of aryl methyl sites for hydroxylation is 1. The summed E-state index contributed by atoms with van der Waals surface area (Å²) in [7, 11) is 2.05. The quantitative estimate of drug-likeness (QED) is 0.829. The highest BCUT2D eigenvalue weighted by Crippen LogP contribution is 2.19. The average Bonchev–Trinajstić information content (AvgIpc) is 2.97. The molecule has 0 fully saturated rings. The van der Waals surface area contributed by atoms with Crippen molar-refractivity contribution in [3.63, 3.8) is 0 Å². The fourth-order valence-electron chi connectivity index (χ4n) is 1.92.